The molecule has 122 valence electrons. The van der Waals surface area contributed by atoms with E-state index < -0.39 is 6.29 Å². The summed E-state index contributed by atoms with van der Waals surface area (Å²) in [7, 11) is 0. The number of aromatic amines is 1. The fourth-order valence-electron chi connectivity index (χ4n) is 2.91. The molecule has 0 saturated carbocycles. The van der Waals surface area contributed by atoms with E-state index in [-0.39, 0.29) is 23.8 Å². The second kappa shape index (κ2) is 6.07. The Balaban J connectivity index is 1.59. The van der Waals surface area contributed by atoms with Crippen molar-refractivity contribution in [2.24, 2.45) is 0 Å². The minimum atomic E-state index is -0.445. The van der Waals surface area contributed by atoms with Crippen molar-refractivity contribution in [1.82, 2.24) is 9.78 Å². The van der Waals surface area contributed by atoms with Crippen LogP contribution in [-0.2, 0) is 16.0 Å². The second-order valence-corrected chi connectivity index (χ2v) is 5.74. The molecule has 1 aromatic heterocycles. The van der Waals surface area contributed by atoms with Gasteiger partial charge in [-0.15, -0.1) is 0 Å². The molecule has 0 spiro atoms. The molecular weight excluding hydrogens is 308 g/mol. The molecule has 6 heteroatoms. The molecule has 0 unspecified atom stereocenters. The van der Waals surface area contributed by atoms with Gasteiger partial charge < -0.3 is 9.47 Å². The zero-order valence-corrected chi connectivity index (χ0v) is 12.8. The van der Waals surface area contributed by atoms with Gasteiger partial charge in [-0.3, -0.25) is 14.7 Å². The van der Waals surface area contributed by atoms with E-state index in [2.05, 4.69) is 5.10 Å². The Morgan fingerprint density at radius 2 is 1.71 bits per heavy atom. The fraction of sp³-hybridized carbons (Fsp3) is 0.222. The van der Waals surface area contributed by atoms with E-state index in [4.69, 9.17) is 9.47 Å². The summed E-state index contributed by atoms with van der Waals surface area (Å²) >= 11 is 0. The highest BCUT2D eigenvalue weighted by Gasteiger charge is 2.28. The molecular formula is C18H16N2O4. The number of H-pyrrole nitrogens is 1. The molecule has 2 heterocycles. The van der Waals surface area contributed by atoms with E-state index in [9.17, 15) is 9.59 Å². The predicted molar refractivity (Wildman–Crippen MR) is 88.8 cm³/mol. The van der Waals surface area contributed by atoms with Gasteiger partial charge in [0, 0.05) is 5.56 Å². The maximum Gasteiger partial charge on any atom is 0.273 e. The largest absolute Gasteiger partial charge is 0.346 e. The molecule has 3 aromatic rings. The topological polar surface area (TPSA) is 73.3 Å². The Hall–Kier alpha value is -2.70. The van der Waals surface area contributed by atoms with Crippen LogP contribution >= 0.6 is 0 Å². The van der Waals surface area contributed by atoms with Gasteiger partial charge in [-0.05, 0) is 12.1 Å². The van der Waals surface area contributed by atoms with E-state index in [0.717, 1.165) is 5.56 Å². The van der Waals surface area contributed by atoms with Crippen LogP contribution in [0.15, 0.2) is 64.2 Å². The molecule has 0 radical (unpaired) electrons. The summed E-state index contributed by atoms with van der Waals surface area (Å²) in [5.74, 6) is 0. The van der Waals surface area contributed by atoms with Gasteiger partial charge >= 0.3 is 0 Å². The van der Waals surface area contributed by atoms with Crippen LogP contribution in [0.4, 0.5) is 0 Å². The van der Waals surface area contributed by atoms with E-state index in [1.807, 2.05) is 30.3 Å². The smallest absolute Gasteiger partial charge is 0.273 e. The number of aromatic nitrogens is 2. The van der Waals surface area contributed by atoms with Crippen molar-refractivity contribution in [2.75, 3.05) is 6.61 Å². The van der Waals surface area contributed by atoms with Gasteiger partial charge in [0.2, 0.25) is 0 Å². The summed E-state index contributed by atoms with van der Waals surface area (Å²) in [6.07, 6.45) is -0.746. The first-order chi connectivity index (χ1) is 11.7. The van der Waals surface area contributed by atoms with Crippen LogP contribution in [0.3, 0.4) is 0 Å². The van der Waals surface area contributed by atoms with Crippen molar-refractivity contribution in [1.29, 1.82) is 0 Å². The molecule has 0 aliphatic carbocycles. The molecule has 1 N–H and O–H groups in total. The number of hydrogen-bond donors (Lipinski definition) is 1. The Morgan fingerprint density at radius 1 is 1.00 bits per heavy atom. The van der Waals surface area contributed by atoms with Gasteiger partial charge in [-0.25, -0.2) is 4.68 Å². The average molecular weight is 324 g/mol. The zero-order chi connectivity index (χ0) is 16.5. The van der Waals surface area contributed by atoms with Crippen molar-refractivity contribution in [3.8, 4) is 0 Å². The molecule has 4 rings (SSSR count). The lowest BCUT2D eigenvalue weighted by Crippen LogP contribution is -2.34. The highest BCUT2D eigenvalue weighted by Crippen LogP contribution is 2.26. The summed E-state index contributed by atoms with van der Waals surface area (Å²) in [5, 5.41) is 3.41. The average Bonchev–Trinajstić information content (AvgIpc) is 3.09. The minimum absolute atomic E-state index is 0.238. The Labute approximate surface area is 137 Å². The van der Waals surface area contributed by atoms with Crippen LogP contribution in [0, 0.1) is 0 Å². The third-order valence-corrected chi connectivity index (χ3v) is 4.09. The molecule has 2 aromatic carbocycles. The highest BCUT2D eigenvalue weighted by atomic mass is 16.7. The third-order valence-electron chi connectivity index (χ3n) is 4.09. The predicted octanol–water partition coefficient (Wildman–Crippen LogP) is 1.80. The maximum atomic E-state index is 12.5. The first-order valence-corrected chi connectivity index (χ1v) is 7.76. The van der Waals surface area contributed by atoms with Gasteiger partial charge in [0.15, 0.2) is 6.29 Å². The van der Waals surface area contributed by atoms with Crippen LogP contribution in [0.1, 0.15) is 11.9 Å². The fourth-order valence-corrected chi connectivity index (χ4v) is 2.91. The lowest BCUT2D eigenvalue weighted by atomic mass is 10.2. The number of ether oxygens (including phenoxy) is 2. The van der Waals surface area contributed by atoms with E-state index in [0.29, 0.717) is 17.4 Å². The van der Waals surface area contributed by atoms with Gasteiger partial charge in [-0.1, -0.05) is 42.5 Å². The first-order valence-electron chi connectivity index (χ1n) is 7.76. The lowest BCUT2D eigenvalue weighted by molar-refractivity contribution is -0.0629. The van der Waals surface area contributed by atoms with Crippen molar-refractivity contribution >= 4 is 10.8 Å². The van der Waals surface area contributed by atoms with Crippen molar-refractivity contribution < 1.29 is 9.47 Å². The van der Waals surface area contributed by atoms with Gasteiger partial charge in [0.25, 0.3) is 11.1 Å². The number of hydrogen-bond acceptors (Lipinski definition) is 4. The molecule has 0 amide bonds. The monoisotopic (exact) mass is 324 g/mol. The number of nitrogens with one attached hydrogen (secondary N) is 1. The molecule has 6 nitrogen and oxygen atoms in total. The van der Waals surface area contributed by atoms with Gasteiger partial charge in [-0.2, -0.15) is 0 Å². The van der Waals surface area contributed by atoms with E-state index in [1.165, 1.54) is 4.68 Å². The Kier molecular flexibility index (Phi) is 3.76. The highest BCUT2D eigenvalue weighted by molar-refractivity contribution is 5.80. The van der Waals surface area contributed by atoms with Crippen LogP contribution in [-0.4, -0.2) is 22.5 Å². The van der Waals surface area contributed by atoms with Crippen molar-refractivity contribution in [3.05, 3.63) is 80.9 Å². The molecule has 24 heavy (non-hydrogen) atoms. The van der Waals surface area contributed by atoms with Gasteiger partial charge in [0.1, 0.15) is 6.10 Å². The molecule has 0 bridgehead atoms. The summed E-state index contributed by atoms with van der Waals surface area (Å²) in [6, 6.07) is 16.4. The summed E-state index contributed by atoms with van der Waals surface area (Å²) in [5.41, 5.74) is 0.403. The molecule has 1 aliphatic heterocycles. The second-order valence-electron chi connectivity index (χ2n) is 5.74. The molecule has 1 fully saturated rings. The number of benzene rings is 2. The Bertz CT molecular complexity index is 977. The Morgan fingerprint density at radius 3 is 2.50 bits per heavy atom. The van der Waals surface area contributed by atoms with E-state index >= 15 is 0 Å². The lowest BCUT2D eigenvalue weighted by Gasteiger charge is -2.13. The first kappa shape index (κ1) is 14.9. The summed E-state index contributed by atoms with van der Waals surface area (Å²) in [6.45, 7) is 0.600. The number of nitrogens with zero attached hydrogens (tertiary/aromatic N) is 1. The van der Waals surface area contributed by atoms with Crippen LogP contribution < -0.4 is 11.1 Å². The van der Waals surface area contributed by atoms with Crippen LogP contribution in [0.5, 0.6) is 0 Å². The quantitative estimate of drug-likeness (QED) is 0.797. The van der Waals surface area contributed by atoms with Crippen LogP contribution in [0.2, 0.25) is 0 Å². The SMILES string of the molecule is O=c1[nH]n(C[C@@H]2CO[C@H](c3ccccc3)O2)c(=O)c2ccccc12. The van der Waals surface area contributed by atoms with Gasteiger partial charge in [0.05, 0.1) is 23.9 Å². The molecule has 1 aliphatic rings. The van der Waals surface area contributed by atoms with E-state index in [1.54, 1.807) is 24.3 Å². The summed E-state index contributed by atoms with van der Waals surface area (Å²) < 4.78 is 12.8. The zero-order valence-electron chi connectivity index (χ0n) is 12.8. The van der Waals surface area contributed by atoms with Crippen LogP contribution in [0.25, 0.3) is 10.8 Å². The van der Waals surface area contributed by atoms with Crippen molar-refractivity contribution in [2.45, 2.75) is 18.9 Å². The molecule has 1 saturated heterocycles. The van der Waals surface area contributed by atoms with Crippen molar-refractivity contribution in [3.63, 3.8) is 0 Å². The molecule has 2 atom stereocenters. The number of rotatable bonds is 3. The maximum absolute atomic E-state index is 12.5. The normalized spacial score (nSPS) is 20.5. The standard InChI is InChI=1S/C18H16N2O4/c21-16-14-8-4-5-9-15(14)17(22)20(19-16)10-13-11-23-18(24-13)12-6-2-1-3-7-12/h1-9,13,18H,10-11H2,(H,19,21)/t13-,18+/m1/s1. The third kappa shape index (κ3) is 2.66. The minimum Gasteiger partial charge on any atom is -0.346 e. The number of fused-ring (bicyclic) bond motifs is 1. The summed E-state index contributed by atoms with van der Waals surface area (Å²) in [4.78, 5) is 24.6.